The molecule has 3 rings (SSSR count). The standard InChI is InChI=1S/C23H24F6N2O2/c1-14(20-17(22(24,25)26)10-5-11-18(20)23(27,28)29)33-21-16(15-7-3-2-4-8-15)9-6-12-31(21)19(32)13-30/h2-5,7-8,10-11,14,16,21H,6,9,12-13,30H2,1H3. The van der Waals surface area contributed by atoms with Crippen molar-refractivity contribution < 1.29 is 35.9 Å². The van der Waals surface area contributed by atoms with Gasteiger partial charge in [-0.15, -0.1) is 0 Å². The van der Waals surface area contributed by atoms with Crippen LogP contribution in [0.25, 0.3) is 0 Å². The summed E-state index contributed by atoms with van der Waals surface area (Å²) in [5, 5.41) is 0. The van der Waals surface area contributed by atoms with E-state index in [2.05, 4.69) is 0 Å². The van der Waals surface area contributed by atoms with Gasteiger partial charge in [-0.1, -0.05) is 36.4 Å². The highest BCUT2D eigenvalue weighted by atomic mass is 19.4. The van der Waals surface area contributed by atoms with Crippen molar-refractivity contribution in [3.05, 3.63) is 70.8 Å². The van der Waals surface area contributed by atoms with Gasteiger partial charge in [0.25, 0.3) is 0 Å². The Morgan fingerprint density at radius 2 is 1.61 bits per heavy atom. The van der Waals surface area contributed by atoms with Gasteiger partial charge in [-0.25, -0.2) is 0 Å². The van der Waals surface area contributed by atoms with Crippen molar-refractivity contribution in [2.24, 2.45) is 5.73 Å². The number of alkyl halides is 6. The van der Waals surface area contributed by atoms with Gasteiger partial charge >= 0.3 is 12.4 Å². The third kappa shape index (κ3) is 5.50. The van der Waals surface area contributed by atoms with E-state index in [1.165, 1.54) is 4.90 Å². The Kier molecular flexibility index (Phi) is 7.38. The lowest BCUT2D eigenvalue weighted by atomic mass is 9.88. The molecule has 2 aromatic rings. The average Bonchev–Trinajstić information content (AvgIpc) is 2.77. The van der Waals surface area contributed by atoms with Crippen molar-refractivity contribution in [3.8, 4) is 0 Å². The molecule has 0 aliphatic carbocycles. The van der Waals surface area contributed by atoms with Crippen molar-refractivity contribution in [1.82, 2.24) is 4.90 Å². The SMILES string of the molecule is CC(OC1C(c2ccccc2)CCCN1C(=O)CN)c1c(C(F)(F)F)cccc1C(F)(F)F. The number of benzene rings is 2. The lowest BCUT2D eigenvalue weighted by Crippen LogP contribution is -2.51. The number of carbonyl (C=O) groups is 1. The number of nitrogens with zero attached hydrogens (tertiary/aromatic N) is 1. The van der Waals surface area contributed by atoms with Gasteiger partial charge < -0.3 is 15.4 Å². The van der Waals surface area contributed by atoms with Crippen LogP contribution < -0.4 is 5.73 Å². The summed E-state index contributed by atoms with van der Waals surface area (Å²) in [5.41, 5.74) is 2.43. The van der Waals surface area contributed by atoms with Gasteiger partial charge in [-0.2, -0.15) is 26.3 Å². The second kappa shape index (κ2) is 9.72. The molecule has 1 heterocycles. The zero-order valence-corrected chi connectivity index (χ0v) is 17.8. The summed E-state index contributed by atoms with van der Waals surface area (Å²) in [6.45, 7) is 1.02. The summed E-state index contributed by atoms with van der Waals surface area (Å²) in [7, 11) is 0. The van der Waals surface area contributed by atoms with Crippen LogP contribution in [0.15, 0.2) is 48.5 Å². The summed E-state index contributed by atoms with van der Waals surface area (Å²) >= 11 is 0. The number of amides is 1. The third-order valence-corrected chi connectivity index (χ3v) is 5.76. The van der Waals surface area contributed by atoms with Crippen LogP contribution >= 0.6 is 0 Å². The predicted octanol–water partition coefficient (Wildman–Crippen LogP) is 5.49. The Balaban J connectivity index is 2.07. The van der Waals surface area contributed by atoms with Crippen molar-refractivity contribution in [1.29, 1.82) is 0 Å². The Morgan fingerprint density at radius 3 is 2.12 bits per heavy atom. The molecular weight excluding hydrogens is 450 g/mol. The molecule has 0 saturated carbocycles. The summed E-state index contributed by atoms with van der Waals surface area (Å²) in [4.78, 5) is 13.8. The van der Waals surface area contributed by atoms with Crippen molar-refractivity contribution >= 4 is 5.91 Å². The molecule has 33 heavy (non-hydrogen) atoms. The average molecular weight is 474 g/mol. The Morgan fingerprint density at radius 1 is 1.03 bits per heavy atom. The fourth-order valence-corrected chi connectivity index (χ4v) is 4.33. The molecule has 0 spiro atoms. The highest BCUT2D eigenvalue weighted by molar-refractivity contribution is 5.78. The zero-order chi connectivity index (χ0) is 24.4. The van der Waals surface area contributed by atoms with E-state index in [-0.39, 0.29) is 13.1 Å². The highest BCUT2D eigenvalue weighted by Gasteiger charge is 2.44. The number of hydrogen-bond donors (Lipinski definition) is 1. The van der Waals surface area contributed by atoms with Gasteiger partial charge in [0.05, 0.1) is 23.8 Å². The highest BCUT2D eigenvalue weighted by Crippen LogP contribution is 2.44. The largest absolute Gasteiger partial charge is 0.416 e. The summed E-state index contributed by atoms with van der Waals surface area (Å²) in [6, 6.07) is 10.8. The smallest absolute Gasteiger partial charge is 0.350 e. The number of likely N-dealkylation sites (tertiary alicyclic amines) is 1. The topological polar surface area (TPSA) is 55.6 Å². The number of hydrogen-bond acceptors (Lipinski definition) is 3. The number of halogens is 6. The number of rotatable bonds is 5. The molecule has 2 N–H and O–H groups in total. The monoisotopic (exact) mass is 474 g/mol. The van der Waals surface area contributed by atoms with Gasteiger partial charge in [-0.05, 0) is 37.5 Å². The third-order valence-electron chi connectivity index (χ3n) is 5.76. The summed E-state index contributed by atoms with van der Waals surface area (Å²) < 4.78 is 87.8. The van der Waals surface area contributed by atoms with Crippen molar-refractivity contribution in [2.45, 2.75) is 50.4 Å². The van der Waals surface area contributed by atoms with E-state index in [0.717, 1.165) is 18.6 Å². The molecule has 0 bridgehead atoms. The van der Waals surface area contributed by atoms with Crippen LogP contribution in [0.3, 0.4) is 0 Å². The lowest BCUT2D eigenvalue weighted by molar-refractivity contribution is -0.166. The maximum atomic E-state index is 13.7. The molecule has 1 aliphatic heterocycles. The van der Waals surface area contributed by atoms with Gasteiger partial charge in [0.1, 0.15) is 6.23 Å². The first-order valence-electron chi connectivity index (χ1n) is 10.4. The Bertz CT molecular complexity index is 929. The van der Waals surface area contributed by atoms with E-state index < -0.39 is 53.2 Å². The second-order valence-corrected chi connectivity index (χ2v) is 7.88. The minimum atomic E-state index is -5.02. The molecule has 1 aliphatic rings. The molecule has 4 nitrogen and oxygen atoms in total. The molecule has 0 aromatic heterocycles. The minimum Gasteiger partial charge on any atom is -0.350 e. The first-order chi connectivity index (χ1) is 15.4. The number of piperidine rings is 1. The normalized spacial score (nSPS) is 20.5. The molecule has 2 aromatic carbocycles. The number of carbonyl (C=O) groups excluding carboxylic acids is 1. The molecule has 0 radical (unpaired) electrons. The van der Waals surface area contributed by atoms with Crippen molar-refractivity contribution in [3.63, 3.8) is 0 Å². The van der Waals surface area contributed by atoms with Crippen LogP contribution in [0.1, 0.15) is 54.0 Å². The molecule has 180 valence electrons. The second-order valence-electron chi connectivity index (χ2n) is 7.88. The fourth-order valence-electron chi connectivity index (χ4n) is 4.33. The first-order valence-corrected chi connectivity index (χ1v) is 10.4. The first kappa shape index (κ1) is 25.0. The van der Waals surface area contributed by atoms with Crippen LogP contribution in [0.5, 0.6) is 0 Å². The number of ether oxygens (including phenoxy) is 1. The van der Waals surface area contributed by atoms with Gasteiger partial charge in [0.15, 0.2) is 0 Å². The maximum Gasteiger partial charge on any atom is 0.416 e. The van der Waals surface area contributed by atoms with Gasteiger partial charge in [-0.3, -0.25) is 4.79 Å². The number of nitrogens with two attached hydrogens (primary N) is 1. The van der Waals surface area contributed by atoms with Gasteiger partial charge in [0, 0.05) is 18.0 Å². The van der Waals surface area contributed by atoms with Crippen LogP contribution in [0.2, 0.25) is 0 Å². The van der Waals surface area contributed by atoms with Gasteiger partial charge in [0.2, 0.25) is 5.91 Å². The van der Waals surface area contributed by atoms with E-state index in [1.807, 2.05) is 0 Å². The maximum absolute atomic E-state index is 13.7. The minimum absolute atomic E-state index is 0.240. The molecule has 3 atom stereocenters. The fraction of sp³-hybridized carbons (Fsp3) is 0.435. The quantitative estimate of drug-likeness (QED) is 0.583. The summed E-state index contributed by atoms with van der Waals surface area (Å²) in [5.74, 6) is -0.932. The predicted molar refractivity (Wildman–Crippen MR) is 109 cm³/mol. The van der Waals surface area contributed by atoms with E-state index in [1.54, 1.807) is 30.3 Å². The Labute approximate surface area is 187 Å². The Hall–Kier alpha value is -2.59. The van der Waals surface area contributed by atoms with Crippen molar-refractivity contribution in [2.75, 3.05) is 13.1 Å². The van der Waals surface area contributed by atoms with E-state index >= 15 is 0 Å². The lowest BCUT2D eigenvalue weighted by Gasteiger charge is -2.42. The van der Waals surface area contributed by atoms with E-state index in [4.69, 9.17) is 10.5 Å². The van der Waals surface area contributed by atoms with E-state index in [9.17, 15) is 31.1 Å². The van der Waals surface area contributed by atoms with Crippen LogP contribution in [0.4, 0.5) is 26.3 Å². The molecule has 3 unspecified atom stereocenters. The molecule has 1 fully saturated rings. The summed E-state index contributed by atoms with van der Waals surface area (Å²) in [6.07, 6.45) is -11.6. The van der Waals surface area contributed by atoms with E-state index in [0.29, 0.717) is 25.0 Å². The van der Waals surface area contributed by atoms with Crippen LogP contribution in [0, 0.1) is 0 Å². The van der Waals surface area contributed by atoms with Crippen LogP contribution in [-0.4, -0.2) is 30.1 Å². The molecule has 10 heteroatoms. The molecular formula is C23H24F6N2O2. The van der Waals surface area contributed by atoms with Crippen LogP contribution in [-0.2, 0) is 21.9 Å². The zero-order valence-electron chi connectivity index (χ0n) is 17.8. The molecule has 1 saturated heterocycles. The molecule has 1 amide bonds.